The van der Waals surface area contributed by atoms with Crippen LogP contribution in [-0.4, -0.2) is 4.57 Å². The molecule has 0 aliphatic heterocycles. The lowest BCUT2D eigenvalue weighted by Gasteiger charge is -2.01. The summed E-state index contributed by atoms with van der Waals surface area (Å²) in [5.41, 5.74) is 2.73. The van der Waals surface area contributed by atoms with Crippen LogP contribution in [0.3, 0.4) is 0 Å². The van der Waals surface area contributed by atoms with Crippen LogP contribution >= 0.6 is 0 Å². The highest BCUT2D eigenvalue weighted by Gasteiger charge is 2.03. The van der Waals surface area contributed by atoms with Gasteiger partial charge in [-0.2, -0.15) is 0 Å². The number of aromatic nitrogens is 2. The molecule has 0 fully saturated rings. The third kappa shape index (κ3) is 2.93. The molecule has 0 radical (unpaired) electrons. The van der Waals surface area contributed by atoms with Gasteiger partial charge in [0, 0.05) is 0 Å². The summed E-state index contributed by atoms with van der Waals surface area (Å²) < 4.78 is 4.24. The Labute approximate surface area is 101 Å². The van der Waals surface area contributed by atoms with Gasteiger partial charge in [-0.3, -0.25) is 0 Å². The van der Waals surface area contributed by atoms with Crippen molar-refractivity contribution < 1.29 is 21.5 Å². The normalized spacial score (nSPS) is 9.73. The van der Waals surface area contributed by atoms with Gasteiger partial charge in [-0.1, -0.05) is 24.3 Å². The Bertz CT molecular complexity index is 435. The minimum absolute atomic E-state index is 0. The smallest absolute Gasteiger partial charge is 0.243 e. The standard InChI is InChI=1S/C12H15N2.BrH/c1-11-5-3-4-6-12(11)9-14-8-7-13(2)10-14;/h3-8,10H,9H2,1-2H3;1H/q+1;/p-1. The first-order valence-corrected chi connectivity index (χ1v) is 4.81. The molecule has 0 N–H and O–H groups in total. The third-order valence-electron chi connectivity index (χ3n) is 2.44. The number of rotatable bonds is 2. The van der Waals surface area contributed by atoms with Crippen LogP contribution in [0.4, 0.5) is 0 Å². The van der Waals surface area contributed by atoms with E-state index in [2.05, 4.69) is 59.0 Å². The van der Waals surface area contributed by atoms with E-state index in [1.165, 1.54) is 11.1 Å². The highest BCUT2D eigenvalue weighted by atomic mass is 79.9. The predicted molar refractivity (Wildman–Crippen MR) is 55.9 cm³/mol. The number of benzene rings is 1. The van der Waals surface area contributed by atoms with Crippen LogP contribution in [0.15, 0.2) is 43.0 Å². The molecule has 15 heavy (non-hydrogen) atoms. The van der Waals surface area contributed by atoms with Crippen molar-refractivity contribution in [3.05, 3.63) is 54.1 Å². The van der Waals surface area contributed by atoms with E-state index >= 15 is 0 Å². The second kappa shape index (κ2) is 5.12. The van der Waals surface area contributed by atoms with Crippen molar-refractivity contribution in [3.8, 4) is 0 Å². The molecule has 0 aliphatic rings. The Balaban J connectivity index is 0.00000112. The molecule has 0 spiro atoms. The summed E-state index contributed by atoms with van der Waals surface area (Å²) in [7, 11) is 2.04. The number of hydrogen-bond donors (Lipinski definition) is 0. The molecule has 0 aliphatic carbocycles. The molecule has 1 heterocycles. The number of hydrogen-bond acceptors (Lipinski definition) is 0. The van der Waals surface area contributed by atoms with E-state index in [1.807, 2.05) is 7.05 Å². The van der Waals surface area contributed by atoms with Crippen LogP contribution in [0.2, 0.25) is 0 Å². The first kappa shape index (κ1) is 12.0. The van der Waals surface area contributed by atoms with Gasteiger partial charge in [0.25, 0.3) is 0 Å². The van der Waals surface area contributed by atoms with Gasteiger partial charge in [0.15, 0.2) is 0 Å². The maximum Gasteiger partial charge on any atom is 0.243 e. The zero-order valence-corrected chi connectivity index (χ0v) is 10.6. The topological polar surface area (TPSA) is 8.81 Å². The summed E-state index contributed by atoms with van der Waals surface area (Å²) in [4.78, 5) is 0. The molecule has 2 aromatic rings. The molecule has 0 atom stereocenters. The molecule has 2 nitrogen and oxygen atoms in total. The second-order valence-corrected chi connectivity index (χ2v) is 3.68. The predicted octanol–water partition coefficient (Wildman–Crippen LogP) is -1.33. The summed E-state index contributed by atoms with van der Waals surface area (Å²) in [6.45, 7) is 3.10. The summed E-state index contributed by atoms with van der Waals surface area (Å²) in [5, 5.41) is 0. The minimum Gasteiger partial charge on any atom is -1.00 e. The molecular formula is C12H15BrN2. The SMILES string of the molecule is Cc1ccccc1Cn1cc[n+](C)c1.[Br-]. The third-order valence-corrected chi connectivity index (χ3v) is 2.44. The molecular weight excluding hydrogens is 252 g/mol. The monoisotopic (exact) mass is 266 g/mol. The van der Waals surface area contributed by atoms with Crippen LogP contribution < -0.4 is 21.5 Å². The van der Waals surface area contributed by atoms with Crippen molar-refractivity contribution in [2.24, 2.45) is 7.05 Å². The molecule has 0 saturated heterocycles. The van der Waals surface area contributed by atoms with Gasteiger partial charge in [-0.25, -0.2) is 9.13 Å². The average molecular weight is 267 g/mol. The van der Waals surface area contributed by atoms with Crippen molar-refractivity contribution in [2.75, 3.05) is 0 Å². The Morgan fingerprint density at radius 3 is 2.60 bits per heavy atom. The summed E-state index contributed by atoms with van der Waals surface area (Å²) >= 11 is 0. The minimum atomic E-state index is 0. The van der Waals surface area contributed by atoms with Gasteiger partial charge in [0.1, 0.15) is 18.9 Å². The molecule has 0 saturated carbocycles. The fourth-order valence-corrected chi connectivity index (χ4v) is 1.58. The molecule has 0 amide bonds. The van der Waals surface area contributed by atoms with Crippen molar-refractivity contribution in [1.29, 1.82) is 0 Å². The lowest BCUT2D eigenvalue weighted by atomic mass is 10.1. The van der Waals surface area contributed by atoms with Gasteiger partial charge in [-0.15, -0.1) is 0 Å². The van der Waals surface area contributed by atoms with Gasteiger partial charge < -0.3 is 17.0 Å². The van der Waals surface area contributed by atoms with Crippen molar-refractivity contribution in [2.45, 2.75) is 13.5 Å². The Hall–Kier alpha value is -1.09. The van der Waals surface area contributed by atoms with Crippen LogP contribution in [-0.2, 0) is 13.6 Å². The molecule has 0 bridgehead atoms. The second-order valence-electron chi connectivity index (χ2n) is 3.68. The van der Waals surface area contributed by atoms with Crippen molar-refractivity contribution in [1.82, 2.24) is 4.57 Å². The van der Waals surface area contributed by atoms with E-state index in [-0.39, 0.29) is 17.0 Å². The fraction of sp³-hybridized carbons (Fsp3) is 0.250. The van der Waals surface area contributed by atoms with Crippen LogP contribution in [0.5, 0.6) is 0 Å². The first-order valence-electron chi connectivity index (χ1n) is 4.81. The highest BCUT2D eigenvalue weighted by molar-refractivity contribution is 5.25. The molecule has 2 rings (SSSR count). The largest absolute Gasteiger partial charge is 1.00 e. The van der Waals surface area contributed by atoms with Crippen LogP contribution in [0.1, 0.15) is 11.1 Å². The van der Waals surface area contributed by atoms with E-state index in [9.17, 15) is 0 Å². The number of imidazole rings is 1. The zero-order chi connectivity index (χ0) is 9.97. The van der Waals surface area contributed by atoms with E-state index in [0.29, 0.717) is 0 Å². The molecule has 1 aromatic carbocycles. The van der Waals surface area contributed by atoms with Gasteiger partial charge in [-0.05, 0) is 18.1 Å². The van der Waals surface area contributed by atoms with Gasteiger partial charge in [0.05, 0.1) is 7.05 Å². The van der Waals surface area contributed by atoms with Crippen molar-refractivity contribution in [3.63, 3.8) is 0 Å². The highest BCUT2D eigenvalue weighted by Crippen LogP contribution is 2.08. The summed E-state index contributed by atoms with van der Waals surface area (Å²) in [6, 6.07) is 8.49. The van der Waals surface area contributed by atoms with E-state index < -0.39 is 0 Å². The number of halogens is 1. The maximum absolute atomic E-state index is 2.18. The number of aryl methyl sites for hydroxylation is 2. The van der Waals surface area contributed by atoms with E-state index in [4.69, 9.17) is 0 Å². The van der Waals surface area contributed by atoms with Crippen LogP contribution in [0.25, 0.3) is 0 Å². The lowest BCUT2D eigenvalue weighted by Crippen LogP contribution is -3.00. The van der Waals surface area contributed by atoms with Crippen LogP contribution in [0, 0.1) is 6.92 Å². The molecule has 80 valence electrons. The molecule has 3 heteroatoms. The summed E-state index contributed by atoms with van der Waals surface area (Å²) in [6.07, 6.45) is 6.23. The quantitative estimate of drug-likeness (QED) is 0.596. The van der Waals surface area contributed by atoms with E-state index in [0.717, 1.165) is 6.54 Å². The van der Waals surface area contributed by atoms with Gasteiger partial charge in [0.2, 0.25) is 6.33 Å². The van der Waals surface area contributed by atoms with Crippen molar-refractivity contribution >= 4 is 0 Å². The maximum atomic E-state index is 2.18. The Morgan fingerprint density at radius 1 is 1.27 bits per heavy atom. The Kier molecular flexibility index (Phi) is 4.09. The zero-order valence-electron chi connectivity index (χ0n) is 9.02. The lowest BCUT2D eigenvalue weighted by molar-refractivity contribution is -0.671. The number of nitrogens with zero attached hydrogens (tertiary/aromatic N) is 2. The fourth-order valence-electron chi connectivity index (χ4n) is 1.58. The van der Waals surface area contributed by atoms with E-state index in [1.54, 1.807) is 0 Å². The Morgan fingerprint density at radius 2 is 2.00 bits per heavy atom. The molecule has 0 unspecified atom stereocenters. The van der Waals surface area contributed by atoms with Gasteiger partial charge >= 0.3 is 0 Å². The summed E-state index contributed by atoms with van der Waals surface area (Å²) in [5.74, 6) is 0. The average Bonchev–Trinajstić information content (AvgIpc) is 2.56. The first-order chi connectivity index (χ1) is 6.75. The molecule has 1 aromatic heterocycles.